The number of nitrogens with two attached hydrogens (primary N) is 2. The van der Waals surface area contributed by atoms with Gasteiger partial charge in [-0.05, 0) is 54.2 Å². The molecule has 1 aliphatic carbocycles. The molecule has 1 saturated carbocycles. The molecule has 2 aromatic carbocycles. The zero-order valence-corrected chi connectivity index (χ0v) is 24.1. The molecule has 14 heteroatoms. The predicted octanol–water partition coefficient (Wildman–Crippen LogP) is 3.03. The van der Waals surface area contributed by atoms with Gasteiger partial charge in [0.25, 0.3) is 11.8 Å². The molecule has 0 bridgehead atoms. The van der Waals surface area contributed by atoms with E-state index in [1.54, 1.807) is 30.3 Å². The monoisotopic (exact) mass is 597 g/mol. The summed E-state index contributed by atoms with van der Waals surface area (Å²) in [6, 6.07) is 6.77. The standard InChI is InChI=1S/C28H31N5O8S/c1-37-19-10-14(11-20(38-2)24(19)39-3)23(27(35)31-15-6-4-5-7-15)33(16-8-9-17-18(12-16)41-13-40-17)28(36)25-21(29)22(26(30)34)32-42-25/h8-12,15,23H,4-7,13,29H2,1-3H3,(H2,30,34)(H,31,35)/t23-/m1/s1. The van der Waals surface area contributed by atoms with Gasteiger partial charge in [0.15, 0.2) is 28.7 Å². The summed E-state index contributed by atoms with van der Waals surface area (Å²) >= 11 is 0.716. The molecule has 1 aromatic heterocycles. The molecule has 0 spiro atoms. The lowest BCUT2D eigenvalue weighted by Crippen LogP contribution is -2.46. The molecule has 3 amide bonds. The van der Waals surface area contributed by atoms with Crippen LogP contribution in [0, 0.1) is 0 Å². The lowest BCUT2D eigenvalue weighted by Gasteiger charge is -2.32. The lowest BCUT2D eigenvalue weighted by atomic mass is 10.00. The largest absolute Gasteiger partial charge is 0.493 e. The first-order valence-corrected chi connectivity index (χ1v) is 13.9. The van der Waals surface area contributed by atoms with Crippen LogP contribution in [0.1, 0.15) is 57.4 Å². The Morgan fingerprint density at radius 2 is 1.69 bits per heavy atom. The number of methoxy groups -OCH3 is 3. The molecule has 5 rings (SSSR count). The average molecular weight is 598 g/mol. The Bertz CT molecular complexity index is 1490. The summed E-state index contributed by atoms with van der Waals surface area (Å²) in [4.78, 5) is 41.8. The van der Waals surface area contributed by atoms with Gasteiger partial charge in [0, 0.05) is 17.8 Å². The highest BCUT2D eigenvalue weighted by Gasteiger charge is 2.38. The van der Waals surface area contributed by atoms with Crippen LogP contribution in [0.25, 0.3) is 0 Å². The number of carbonyl (C=O) groups is 3. The highest BCUT2D eigenvalue weighted by molar-refractivity contribution is 7.09. The summed E-state index contributed by atoms with van der Waals surface area (Å²) in [5.74, 6) is -0.236. The second-order valence-corrected chi connectivity index (χ2v) is 10.5. The van der Waals surface area contributed by atoms with E-state index in [2.05, 4.69) is 9.69 Å². The first-order valence-electron chi connectivity index (χ1n) is 13.2. The smallest absolute Gasteiger partial charge is 0.273 e. The molecule has 0 saturated heterocycles. The van der Waals surface area contributed by atoms with Gasteiger partial charge in [-0.25, -0.2) is 0 Å². The molecule has 1 atom stereocenters. The fourth-order valence-electron chi connectivity index (χ4n) is 5.18. The number of nitrogens with one attached hydrogen (secondary N) is 1. The summed E-state index contributed by atoms with van der Waals surface area (Å²) in [5, 5.41) is 3.11. The third kappa shape index (κ3) is 5.32. The fourth-order valence-corrected chi connectivity index (χ4v) is 5.93. The van der Waals surface area contributed by atoms with Crippen LogP contribution in [0.15, 0.2) is 30.3 Å². The van der Waals surface area contributed by atoms with Gasteiger partial charge in [0.05, 0.1) is 27.0 Å². The first kappa shape index (κ1) is 28.8. The maximum atomic E-state index is 14.4. The number of carbonyl (C=O) groups excluding carboxylic acids is 3. The quantitative estimate of drug-likeness (QED) is 0.315. The van der Waals surface area contributed by atoms with Crippen LogP contribution >= 0.6 is 11.5 Å². The molecule has 0 unspecified atom stereocenters. The van der Waals surface area contributed by atoms with Crippen molar-refractivity contribution < 1.29 is 38.1 Å². The Kier molecular flexibility index (Phi) is 8.24. The Balaban J connectivity index is 1.72. The number of ether oxygens (including phenoxy) is 5. The second-order valence-electron chi connectivity index (χ2n) is 9.70. The summed E-state index contributed by atoms with van der Waals surface area (Å²) in [7, 11) is 4.38. The van der Waals surface area contributed by atoms with E-state index in [4.69, 9.17) is 35.2 Å². The van der Waals surface area contributed by atoms with E-state index >= 15 is 0 Å². The Labute approximate surface area is 245 Å². The molecule has 2 aliphatic rings. The van der Waals surface area contributed by atoms with Crippen molar-refractivity contribution in [3.05, 3.63) is 46.5 Å². The molecule has 1 fully saturated rings. The van der Waals surface area contributed by atoms with Gasteiger partial charge in [-0.15, -0.1) is 0 Å². The van der Waals surface area contributed by atoms with Crippen LogP contribution in [0.3, 0.4) is 0 Å². The van der Waals surface area contributed by atoms with Crippen LogP contribution in [0.4, 0.5) is 11.4 Å². The van der Waals surface area contributed by atoms with E-state index in [9.17, 15) is 14.4 Å². The van der Waals surface area contributed by atoms with Crippen molar-refractivity contribution >= 4 is 40.6 Å². The van der Waals surface area contributed by atoms with Gasteiger partial charge in [0.2, 0.25) is 18.4 Å². The topological polar surface area (TPSA) is 178 Å². The highest BCUT2D eigenvalue weighted by atomic mass is 32.1. The van der Waals surface area contributed by atoms with Crippen LogP contribution in [-0.2, 0) is 4.79 Å². The zero-order chi connectivity index (χ0) is 30.0. The highest BCUT2D eigenvalue weighted by Crippen LogP contribution is 2.44. The third-order valence-electron chi connectivity index (χ3n) is 7.22. The van der Waals surface area contributed by atoms with Gasteiger partial charge in [0.1, 0.15) is 10.9 Å². The summed E-state index contributed by atoms with van der Waals surface area (Å²) in [6.07, 6.45) is 3.60. The number of aromatic nitrogens is 1. The zero-order valence-electron chi connectivity index (χ0n) is 23.3. The van der Waals surface area contributed by atoms with E-state index in [0.29, 0.717) is 40.0 Å². The number of primary amides is 1. The van der Waals surface area contributed by atoms with Crippen molar-refractivity contribution in [1.82, 2.24) is 9.69 Å². The predicted molar refractivity (Wildman–Crippen MR) is 154 cm³/mol. The van der Waals surface area contributed by atoms with Gasteiger partial charge < -0.3 is 40.5 Å². The number of anilines is 2. The molecule has 2 heterocycles. The molecule has 5 N–H and O–H groups in total. The average Bonchev–Trinajstić information content (AvgIpc) is 3.75. The molecule has 13 nitrogen and oxygen atoms in total. The maximum Gasteiger partial charge on any atom is 0.273 e. The minimum atomic E-state index is -1.26. The van der Waals surface area contributed by atoms with E-state index in [-0.39, 0.29) is 40.6 Å². The number of benzene rings is 2. The van der Waals surface area contributed by atoms with Gasteiger partial charge in [-0.2, -0.15) is 4.37 Å². The molecular weight excluding hydrogens is 566 g/mol. The molecule has 0 radical (unpaired) electrons. The summed E-state index contributed by atoms with van der Waals surface area (Å²) in [5.41, 5.74) is 11.9. The summed E-state index contributed by atoms with van der Waals surface area (Å²) < 4.78 is 31.7. The molecular formula is C28H31N5O8S. The number of nitrogen functional groups attached to an aromatic ring is 1. The maximum absolute atomic E-state index is 14.4. The number of hydrogen-bond acceptors (Lipinski definition) is 11. The number of fused-ring (bicyclic) bond motifs is 1. The van der Waals surface area contributed by atoms with Crippen LogP contribution in [-0.4, -0.2) is 56.3 Å². The van der Waals surface area contributed by atoms with Crippen molar-refractivity contribution in [2.75, 3.05) is 38.8 Å². The first-order chi connectivity index (χ1) is 20.3. The molecule has 1 aliphatic heterocycles. The SMILES string of the molecule is COc1cc([C@H](C(=O)NC2CCCC2)N(C(=O)c2snc(C(N)=O)c2N)c2ccc3c(c2)OCO3)cc(OC)c1OC. The van der Waals surface area contributed by atoms with Crippen molar-refractivity contribution in [2.24, 2.45) is 5.73 Å². The molecule has 222 valence electrons. The van der Waals surface area contributed by atoms with E-state index in [1.165, 1.54) is 26.2 Å². The minimum Gasteiger partial charge on any atom is -0.493 e. The van der Waals surface area contributed by atoms with Crippen LogP contribution in [0.5, 0.6) is 28.7 Å². The third-order valence-corrected chi connectivity index (χ3v) is 8.07. The van der Waals surface area contributed by atoms with E-state index < -0.39 is 23.8 Å². The number of amides is 3. The van der Waals surface area contributed by atoms with Gasteiger partial charge in [-0.3, -0.25) is 19.3 Å². The normalized spacial score (nSPS) is 14.7. The van der Waals surface area contributed by atoms with Crippen molar-refractivity contribution in [3.63, 3.8) is 0 Å². The minimum absolute atomic E-state index is 0.00890. The Hall–Kier alpha value is -4.72. The van der Waals surface area contributed by atoms with Crippen molar-refractivity contribution in [1.29, 1.82) is 0 Å². The Morgan fingerprint density at radius 3 is 2.29 bits per heavy atom. The molecule has 3 aromatic rings. The number of hydrogen-bond donors (Lipinski definition) is 3. The van der Waals surface area contributed by atoms with Crippen LogP contribution < -0.4 is 45.4 Å². The van der Waals surface area contributed by atoms with Crippen molar-refractivity contribution in [3.8, 4) is 28.7 Å². The Morgan fingerprint density at radius 1 is 1.02 bits per heavy atom. The number of nitrogens with zero attached hydrogens (tertiary/aromatic N) is 2. The fraction of sp³-hybridized carbons (Fsp3) is 0.357. The molecule has 42 heavy (non-hydrogen) atoms. The van der Waals surface area contributed by atoms with E-state index in [1.807, 2.05) is 0 Å². The lowest BCUT2D eigenvalue weighted by molar-refractivity contribution is -0.123. The van der Waals surface area contributed by atoms with E-state index in [0.717, 1.165) is 25.7 Å². The summed E-state index contributed by atoms with van der Waals surface area (Å²) in [6.45, 7) is 0.00890. The van der Waals surface area contributed by atoms with Gasteiger partial charge in [-0.1, -0.05) is 12.8 Å². The van der Waals surface area contributed by atoms with Crippen molar-refractivity contribution in [2.45, 2.75) is 37.8 Å². The van der Waals surface area contributed by atoms with Crippen LogP contribution in [0.2, 0.25) is 0 Å². The second kappa shape index (κ2) is 12.0. The van der Waals surface area contributed by atoms with Gasteiger partial charge >= 0.3 is 0 Å². The number of rotatable bonds is 10.